The van der Waals surface area contributed by atoms with Crippen molar-refractivity contribution in [2.75, 3.05) is 5.43 Å². The van der Waals surface area contributed by atoms with Crippen LogP contribution in [0.25, 0.3) is 0 Å². The van der Waals surface area contributed by atoms with Crippen LogP contribution in [0.1, 0.15) is 31.2 Å². The van der Waals surface area contributed by atoms with Gasteiger partial charge in [-0.1, -0.05) is 25.4 Å². The second-order valence-electron chi connectivity index (χ2n) is 4.76. The lowest BCUT2D eigenvalue weighted by Gasteiger charge is -2.12. The monoisotopic (exact) mass is 292 g/mol. The molecule has 0 radical (unpaired) electrons. The zero-order chi connectivity index (χ0) is 14.7. The van der Waals surface area contributed by atoms with Gasteiger partial charge < -0.3 is 10.2 Å². The summed E-state index contributed by atoms with van der Waals surface area (Å²) < 4.78 is 5.79. The quantitative estimate of drug-likeness (QED) is 0.665. The lowest BCUT2D eigenvalue weighted by molar-refractivity contribution is 0.454. The van der Waals surface area contributed by atoms with Gasteiger partial charge in [-0.2, -0.15) is 4.98 Å². The molecule has 0 saturated carbocycles. The SMILES string of the molecule is Cc1cc(Cl)ccc1Oc1cc(NN)nc(C(C)C)n1. The first-order chi connectivity index (χ1) is 9.49. The number of nitrogens with zero attached hydrogens (tertiary/aromatic N) is 2. The lowest BCUT2D eigenvalue weighted by atomic mass is 10.2. The maximum absolute atomic E-state index is 5.93. The largest absolute Gasteiger partial charge is 0.439 e. The molecule has 0 aliphatic rings. The van der Waals surface area contributed by atoms with Crippen molar-refractivity contribution in [1.29, 1.82) is 0 Å². The predicted octanol–water partition coefficient (Wildman–Crippen LogP) is 3.64. The molecule has 5 nitrogen and oxygen atoms in total. The minimum Gasteiger partial charge on any atom is -0.439 e. The Morgan fingerprint density at radius 2 is 2.00 bits per heavy atom. The molecule has 3 N–H and O–H groups in total. The standard InChI is InChI=1S/C14H17ClN4O/c1-8(2)14-17-12(19-16)7-13(18-14)20-11-5-4-10(15)6-9(11)3/h4-8H,16H2,1-3H3,(H,17,18,19). The molecular weight excluding hydrogens is 276 g/mol. The zero-order valence-electron chi connectivity index (χ0n) is 11.6. The number of halogens is 1. The molecule has 0 bridgehead atoms. The molecule has 20 heavy (non-hydrogen) atoms. The van der Waals surface area contributed by atoms with Gasteiger partial charge in [-0.05, 0) is 30.7 Å². The van der Waals surface area contributed by atoms with Gasteiger partial charge in [0.1, 0.15) is 17.4 Å². The summed E-state index contributed by atoms with van der Waals surface area (Å²) in [4.78, 5) is 8.66. The highest BCUT2D eigenvalue weighted by molar-refractivity contribution is 6.30. The summed E-state index contributed by atoms with van der Waals surface area (Å²) in [6.07, 6.45) is 0. The van der Waals surface area contributed by atoms with Crippen LogP contribution >= 0.6 is 11.6 Å². The van der Waals surface area contributed by atoms with Crippen LogP contribution in [0.5, 0.6) is 11.6 Å². The number of nitrogens with two attached hydrogens (primary N) is 1. The third kappa shape index (κ3) is 3.37. The Bertz CT molecular complexity index is 616. The third-order valence-electron chi connectivity index (χ3n) is 2.74. The summed E-state index contributed by atoms with van der Waals surface area (Å²) in [5, 5.41) is 0.671. The Balaban J connectivity index is 2.34. The molecule has 1 heterocycles. The van der Waals surface area contributed by atoms with Crippen molar-refractivity contribution < 1.29 is 4.74 Å². The van der Waals surface area contributed by atoms with Gasteiger partial charge in [0.05, 0.1) is 0 Å². The zero-order valence-corrected chi connectivity index (χ0v) is 12.4. The summed E-state index contributed by atoms with van der Waals surface area (Å²) in [5.74, 6) is 7.93. The topological polar surface area (TPSA) is 73.1 Å². The number of anilines is 1. The van der Waals surface area contributed by atoms with Crippen LogP contribution < -0.4 is 16.0 Å². The Morgan fingerprint density at radius 1 is 1.25 bits per heavy atom. The van der Waals surface area contributed by atoms with Gasteiger partial charge in [0, 0.05) is 17.0 Å². The number of nitrogens with one attached hydrogen (secondary N) is 1. The number of hydrogen-bond acceptors (Lipinski definition) is 5. The van der Waals surface area contributed by atoms with Crippen molar-refractivity contribution >= 4 is 17.4 Å². The van der Waals surface area contributed by atoms with Crippen LogP contribution in [0.15, 0.2) is 24.3 Å². The molecule has 1 aromatic carbocycles. The molecule has 1 aromatic heterocycles. The van der Waals surface area contributed by atoms with E-state index in [0.29, 0.717) is 28.3 Å². The summed E-state index contributed by atoms with van der Waals surface area (Å²) in [6.45, 7) is 5.94. The van der Waals surface area contributed by atoms with Gasteiger partial charge >= 0.3 is 0 Å². The molecule has 106 valence electrons. The Kier molecular flexibility index (Phi) is 4.42. The van der Waals surface area contributed by atoms with E-state index < -0.39 is 0 Å². The molecule has 2 aromatic rings. The molecule has 0 atom stereocenters. The maximum atomic E-state index is 5.93. The van der Waals surface area contributed by atoms with E-state index in [1.54, 1.807) is 12.1 Å². The fourth-order valence-corrected chi connectivity index (χ4v) is 1.89. The minimum atomic E-state index is 0.178. The molecule has 0 spiro atoms. The van der Waals surface area contributed by atoms with Gasteiger partial charge in [0.2, 0.25) is 5.88 Å². The summed E-state index contributed by atoms with van der Waals surface area (Å²) >= 11 is 5.93. The van der Waals surface area contributed by atoms with E-state index in [1.807, 2.05) is 32.9 Å². The highest BCUT2D eigenvalue weighted by Gasteiger charge is 2.10. The van der Waals surface area contributed by atoms with Crippen LogP contribution in [-0.2, 0) is 0 Å². The van der Waals surface area contributed by atoms with E-state index in [-0.39, 0.29) is 5.92 Å². The van der Waals surface area contributed by atoms with Crippen LogP contribution in [0, 0.1) is 6.92 Å². The minimum absolute atomic E-state index is 0.178. The van der Waals surface area contributed by atoms with E-state index in [0.717, 1.165) is 5.56 Å². The number of benzene rings is 1. The summed E-state index contributed by atoms with van der Waals surface area (Å²) in [7, 11) is 0. The van der Waals surface area contributed by atoms with Crippen LogP contribution in [-0.4, -0.2) is 9.97 Å². The van der Waals surface area contributed by atoms with Gasteiger partial charge in [-0.3, -0.25) is 0 Å². The highest BCUT2D eigenvalue weighted by atomic mass is 35.5. The molecule has 0 unspecified atom stereocenters. The number of ether oxygens (including phenoxy) is 1. The first-order valence-electron chi connectivity index (χ1n) is 6.29. The van der Waals surface area contributed by atoms with E-state index in [9.17, 15) is 0 Å². The molecule has 0 saturated heterocycles. The van der Waals surface area contributed by atoms with Gasteiger partial charge in [0.15, 0.2) is 0 Å². The molecule has 0 amide bonds. The van der Waals surface area contributed by atoms with Crippen molar-refractivity contribution in [3.05, 3.63) is 40.7 Å². The first kappa shape index (κ1) is 14.6. The Hall–Kier alpha value is -1.85. The molecule has 2 rings (SSSR count). The fraction of sp³-hybridized carbons (Fsp3) is 0.286. The van der Waals surface area contributed by atoms with E-state index in [1.165, 1.54) is 0 Å². The van der Waals surface area contributed by atoms with Crippen molar-refractivity contribution in [2.24, 2.45) is 5.84 Å². The van der Waals surface area contributed by atoms with Crippen LogP contribution in [0.2, 0.25) is 5.02 Å². The van der Waals surface area contributed by atoms with E-state index >= 15 is 0 Å². The average Bonchev–Trinajstić information content (AvgIpc) is 2.41. The van der Waals surface area contributed by atoms with Crippen molar-refractivity contribution in [2.45, 2.75) is 26.7 Å². The van der Waals surface area contributed by atoms with Crippen molar-refractivity contribution in [1.82, 2.24) is 9.97 Å². The smallest absolute Gasteiger partial charge is 0.224 e. The normalized spacial score (nSPS) is 10.7. The number of aryl methyl sites for hydroxylation is 1. The number of nitrogen functional groups attached to an aromatic ring is 1. The van der Waals surface area contributed by atoms with Gasteiger partial charge in [-0.25, -0.2) is 10.8 Å². The Labute approximate surface area is 123 Å². The van der Waals surface area contributed by atoms with Crippen molar-refractivity contribution in [3.8, 4) is 11.6 Å². The summed E-state index contributed by atoms with van der Waals surface area (Å²) in [6, 6.07) is 7.07. The summed E-state index contributed by atoms with van der Waals surface area (Å²) in [5.41, 5.74) is 3.45. The first-order valence-corrected chi connectivity index (χ1v) is 6.67. The second kappa shape index (κ2) is 6.07. The third-order valence-corrected chi connectivity index (χ3v) is 2.97. The van der Waals surface area contributed by atoms with Crippen molar-refractivity contribution in [3.63, 3.8) is 0 Å². The average molecular weight is 293 g/mol. The molecular formula is C14H17ClN4O. The number of rotatable bonds is 4. The lowest BCUT2D eigenvalue weighted by Crippen LogP contribution is -2.11. The van der Waals surface area contributed by atoms with Crippen LogP contribution in [0.4, 0.5) is 5.82 Å². The predicted molar refractivity (Wildman–Crippen MR) is 80.2 cm³/mol. The van der Waals surface area contributed by atoms with Gasteiger partial charge in [0.25, 0.3) is 0 Å². The maximum Gasteiger partial charge on any atom is 0.224 e. The van der Waals surface area contributed by atoms with E-state index in [2.05, 4.69) is 15.4 Å². The number of hydrazine groups is 1. The van der Waals surface area contributed by atoms with E-state index in [4.69, 9.17) is 22.2 Å². The molecule has 0 aliphatic carbocycles. The highest BCUT2D eigenvalue weighted by Crippen LogP contribution is 2.28. The Morgan fingerprint density at radius 3 is 2.60 bits per heavy atom. The van der Waals surface area contributed by atoms with Gasteiger partial charge in [-0.15, -0.1) is 0 Å². The second-order valence-corrected chi connectivity index (χ2v) is 5.20. The molecule has 6 heteroatoms. The molecule has 0 fully saturated rings. The number of hydrogen-bond donors (Lipinski definition) is 2. The fourth-order valence-electron chi connectivity index (χ4n) is 1.67. The molecule has 0 aliphatic heterocycles. The number of aromatic nitrogens is 2. The van der Waals surface area contributed by atoms with Crippen LogP contribution in [0.3, 0.4) is 0 Å².